The normalized spacial score (nSPS) is 38.2. The van der Waals surface area contributed by atoms with Crippen molar-refractivity contribution in [1.29, 1.82) is 0 Å². The van der Waals surface area contributed by atoms with E-state index in [-0.39, 0.29) is 6.54 Å². The highest BCUT2D eigenvalue weighted by atomic mass is 16.4. The predicted molar refractivity (Wildman–Crippen MR) is 53.0 cm³/mol. The number of nitrogens with two attached hydrogens (primary N) is 1. The minimum absolute atomic E-state index is 0.191. The molecule has 0 aromatic rings. The second-order valence-corrected chi connectivity index (χ2v) is 4.86. The maximum atomic E-state index is 10.6. The number of hydrogen-bond acceptors (Lipinski definition) is 3. The summed E-state index contributed by atoms with van der Waals surface area (Å²) in [5.41, 5.74) is 6.26. The molecule has 1 saturated carbocycles. The molecule has 1 saturated heterocycles. The Labute approximate surface area is 84.1 Å². The molecule has 1 spiro atoms. The third kappa shape index (κ3) is 1.91. The van der Waals surface area contributed by atoms with E-state index in [1.165, 1.54) is 6.42 Å². The molecule has 0 radical (unpaired) electrons. The van der Waals surface area contributed by atoms with Gasteiger partial charge in [0.05, 0.1) is 6.54 Å². The van der Waals surface area contributed by atoms with Crippen LogP contribution < -0.4 is 5.73 Å². The van der Waals surface area contributed by atoms with E-state index >= 15 is 0 Å². The molecular formula is C10H18N2O2. The maximum absolute atomic E-state index is 10.6. The average Bonchev–Trinajstić information content (AvgIpc) is 2.60. The number of rotatable bonds is 2. The van der Waals surface area contributed by atoms with Crippen LogP contribution in [0.2, 0.25) is 0 Å². The van der Waals surface area contributed by atoms with Crippen LogP contribution in [0.15, 0.2) is 0 Å². The molecule has 80 valence electrons. The van der Waals surface area contributed by atoms with Gasteiger partial charge in [-0.1, -0.05) is 0 Å². The van der Waals surface area contributed by atoms with Gasteiger partial charge in [0.1, 0.15) is 0 Å². The molecule has 1 aliphatic carbocycles. The Kier molecular flexibility index (Phi) is 2.49. The molecule has 0 amide bonds. The van der Waals surface area contributed by atoms with Crippen molar-refractivity contribution in [2.45, 2.75) is 31.7 Å². The number of carboxylic acid groups (broad SMARTS) is 1. The molecule has 2 rings (SSSR count). The molecule has 4 heteroatoms. The average molecular weight is 198 g/mol. The van der Waals surface area contributed by atoms with Gasteiger partial charge in [0, 0.05) is 12.6 Å². The molecule has 4 nitrogen and oxygen atoms in total. The van der Waals surface area contributed by atoms with Crippen molar-refractivity contribution in [3.05, 3.63) is 0 Å². The van der Waals surface area contributed by atoms with Crippen molar-refractivity contribution in [3.63, 3.8) is 0 Å². The lowest BCUT2D eigenvalue weighted by Crippen LogP contribution is -2.30. The van der Waals surface area contributed by atoms with E-state index < -0.39 is 5.97 Å². The standard InChI is InChI=1S/C10H18N2O2/c11-8-1-2-10(5-8)3-4-12(7-10)6-9(13)14/h8H,1-7,11H2,(H,13,14)/t8-,10-/m1/s1. The summed E-state index contributed by atoms with van der Waals surface area (Å²) in [5, 5.41) is 8.69. The Bertz CT molecular complexity index is 244. The van der Waals surface area contributed by atoms with Gasteiger partial charge in [-0.15, -0.1) is 0 Å². The summed E-state index contributed by atoms with van der Waals surface area (Å²) in [7, 11) is 0. The number of aliphatic carboxylic acids is 1. The molecule has 3 N–H and O–H groups in total. The van der Waals surface area contributed by atoms with Crippen LogP contribution in [0.25, 0.3) is 0 Å². The van der Waals surface area contributed by atoms with Crippen molar-refractivity contribution >= 4 is 5.97 Å². The molecule has 2 aliphatic rings. The minimum Gasteiger partial charge on any atom is -0.480 e. The second kappa shape index (κ2) is 3.51. The van der Waals surface area contributed by atoms with Gasteiger partial charge in [0.15, 0.2) is 0 Å². The maximum Gasteiger partial charge on any atom is 0.317 e. The van der Waals surface area contributed by atoms with Crippen LogP contribution >= 0.6 is 0 Å². The van der Waals surface area contributed by atoms with Crippen molar-refractivity contribution in [2.24, 2.45) is 11.1 Å². The summed E-state index contributed by atoms with van der Waals surface area (Å²) < 4.78 is 0. The van der Waals surface area contributed by atoms with Gasteiger partial charge in [-0.2, -0.15) is 0 Å². The highest BCUT2D eigenvalue weighted by Gasteiger charge is 2.43. The smallest absolute Gasteiger partial charge is 0.317 e. The Morgan fingerprint density at radius 2 is 2.36 bits per heavy atom. The fraction of sp³-hybridized carbons (Fsp3) is 0.900. The lowest BCUT2D eigenvalue weighted by Gasteiger charge is -2.23. The third-order valence-corrected chi connectivity index (χ3v) is 3.62. The van der Waals surface area contributed by atoms with Gasteiger partial charge in [0.2, 0.25) is 0 Å². The molecule has 0 bridgehead atoms. The fourth-order valence-corrected chi connectivity index (χ4v) is 2.98. The third-order valence-electron chi connectivity index (χ3n) is 3.62. The summed E-state index contributed by atoms with van der Waals surface area (Å²) in [6.45, 7) is 2.06. The Morgan fingerprint density at radius 1 is 1.57 bits per heavy atom. The lowest BCUT2D eigenvalue weighted by atomic mass is 9.85. The summed E-state index contributed by atoms with van der Waals surface area (Å²) in [5.74, 6) is -0.718. The zero-order valence-corrected chi connectivity index (χ0v) is 8.41. The van der Waals surface area contributed by atoms with E-state index in [1.54, 1.807) is 0 Å². The van der Waals surface area contributed by atoms with Crippen molar-refractivity contribution < 1.29 is 9.90 Å². The van der Waals surface area contributed by atoms with Crippen LogP contribution in [0, 0.1) is 5.41 Å². The summed E-state index contributed by atoms with van der Waals surface area (Å²) in [6.07, 6.45) is 4.52. The molecule has 2 fully saturated rings. The van der Waals surface area contributed by atoms with Crippen LogP contribution in [-0.2, 0) is 4.79 Å². The zero-order chi connectivity index (χ0) is 10.2. The van der Waals surface area contributed by atoms with Crippen LogP contribution in [0.1, 0.15) is 25.7 Å². The monoisotopic (exact) mass is 198 g/mol. The van der Waals surface area contributed by atoms with Crippen LogP contribution in [-0.4, -0.2) is 41.7 Å². The highest BCUT2D eigenvalue weighted by molar-refractivity contribution is 5.69. The molecule has 14 heavy (non-hydrogen) atoms. The van der Waals surface area contributed by atoms with Crippen molar-refractivity contribution in [2.75, 3.05) is 19.6 Å². The first-order chi connectivity index (χ1) is 6.60. The number of nitrogens with zero attached hydrogens (tertiary/aromatic N) is 1. The van der Waals surface area contributed by atoms with Gasteiger partial charge in [0.25, 0.3) is 0 Å². The summed E-state index contributed by atoms with van der Waals surface area (Å²) in [4.78, 5) is 12.6. The first-order valence-electron chi connectivity index (χ1n) is 5.29. The SMILES string of the molecule is N[C@@H]1CC[C@@]2(CCN(CC(=O)O)C2)C1. The van der Waals surface area contributed by atoms with E-state index in [2.05, 4.69) is 0 Å². The predicted octanol–water partition coefficient (Wildman–Crippen LogP) is 0.274. The van der Waals surface area contributed by atoms with E-state index in [9.17, 15) is 4.79 Å². The Balaban J connectivity index is 1.91. The highest BCUT2D eigenvalue weighted by Crippen LogP contribution is 2.44. The Hall–Kier alpha value is -0.610. The molecule has 0 aromatic carbocycles. The molecule has 2 atom stereocenters. The first-order valence-corrected chi connectivity index (χ1v) is 5.29. The van der Waals surface area contributed by atoms with Crippen molar-refractivity contribution in [1.82, 2.24) is 4.90 Å². The summed E-state index contributed by atoms with van der Waals surface area (Å²) >= 11 is 0. The van der Waals surface area contributed by atoms with Crippen LogP contribution in [0.3, 0.4) is 0 Å². The zero-order valence-electron chi connectivity index (χ0n) is 8.41. The second-order valence-electron chi connectivity index (χ2n) is 4.86. The van der Waals surface area contributed by atoms with E-state index in [0.717, 1.165) is 32.4 Å². The van der Waals surface area contributed by atoms with Gasteiger partial charge in [-0.05, 0) is 37.6 Å². The molecular weight excluding hydrogens is 180 g/mol. The van der Waals surface area contributed by atoms with Crippen LogP contribution in [0.5, 0.6) is 0 Å². The van der Waals surface area contributed by atoms with Gasteiger partial charge >= 0.3 is 5.97 Å². The van der Waals surface area contributed by atoms with Gasteiger partial charge in [-0.25, -0.2) is 0 Å². The number of hydrogen-bond donors (Lipinski definition) is 2. The van der Waals surface area contributed by atoms with Crippen LogP contribution in [0.4, 0.5) is 0 Å². The van der Waals surface area contributed by atoms with E-state index in [1.807, 2.05) is 4.90 Å². The van der Waals surface area contributed by atoms with E-state index in [0.29, 0.717) is 11.5 Å². The first kappa shape index (κ1) is 9.93. The fourth-order valence-electron chi connectivity index (χ4n) is 2.98. The quantitative estimate of drug-likeness (QED) is 0.668. The molecule has 1 heterocycles. The topological polar surface area (TPSA) is 66.6 Å². The number of carbonyl (C=O) groups is 1. The number of carboxylic acids is 1. The van der Waals surface area contributed by atoms with Gasteiger partial charge < -0.3 is 10.8 Å². The molecule has 1 aliphatic heterocycles. The van der Waals surface area contributed by atoms with Gasteiger partial charge in [-0.3, -0.25) is 9.69 Å². The minimum atomic E-state index is -0.718. The van der Waals surface area contributed by atoms with Crippen molar-refractivity contribution in [3.8, 4) is 0 Å². The lowest BCUT2D eigenvalue weighted by molar-refractivity contribution is -0.138. The van der Waals surface area contributed by atoms with E-state index in [4.69, 9.17) is 10.8 Å². The molecule has 0 unspecified atom stereocenters. The molecule has 0 aromatic heterocycles. The largest absolute Gasteiger partial charge is 0.480 e. The Morgan fingerprint density at radius 3 is 2.93 bits per heavy atom. The number of likely N-dealkylation sites (tertiary alicyclic amines) is 1. The summed E-state index contributed by atoms with van der Waals surface area (Å²) in [6, 6.07) is 0.347.